The van der Waals surface area contributed by atoms with Crippen LogP contribution in [0, 0.1) is 0 Å². The van der Waals surface area contributed by atoms with E-state index in [2.05, 4.69) is 12.2 Å². The van der Waals surface area contributed by atoms with E-state index in [1.54, 1.807) is 6.92 Å². The number of unbranched alkanes of at least 4 members (excludes halogenated alkanes) is 23. The van der Waals surface area contributed by atoms with Gasteiger partial charge >= 0.3 is 5.97 Å². The van der Waals surface area contributed by atoms with Crippen molar-refractivity contribution >= 4 is 11.9 Å². The average Bonchev–Trinajstić information content (AvgIpc) is 2.99. The first-order valence-electron chi connectivity index (χ1n) is 18.3. The largest absolute Gasteiger partial charge is 0.457 e. The highest BCUT2D eigenvalue weighted by molar-refractivity contribution is 5.72. The molecule has 0 spiro atoms. The molecule has 2 N–H and O–H groups in total. The lowest BCUT2D eigenvalue weighted by Crippen LogP contribution is -2.27. The molecule has 43 heavy (non-hydrogen) atoms. The molecule has 0 unspecified atom stereocenters. The second-order valence-corrected chi connectivity index (χ2v) is 12.4. The van der Waals surface area contributed by atoms with E-state index < -0.39 is 6.10 Å². The van der Waals surface area contributed by atoms with Crippen molar-refractivity contribution in [2.45, 2.75) is 187 Å². The predicted octanol–water partition coefficient (Wildman–Crippen LogP) is 9.18. The summed E-state index contributed by atoms with van der Waals surface area (Å²) in [7, 11) is 0. The maximum Gasteiger partial charge on any atom is 0.306 e. The fourth-order valence-electron chi connectivity index (χ4n) is 5.31. The minimum Gasteiger partial charge on any atom is -0.457 e. The standard InChI is InChI=1S/C36H71NO6/c1-3-4-5-6-7-8-9-13-16-19-22-25-28-36(40)43-35(31-38)32-42-33-41-30-27-24-21-18-15-12-10-11-14-17-20-23-26-29-37-34(2)39/h35,38H,3-33H2,1-2H3,(H,37,39)/t35-/m1/s1. The van der Waals surface area contributed by atoms with Gasteiger partial charge in [-0.2, -0.15) is 0 Å². The summed E-state index contributed by atoms with van der Waals surface area (Å²) in [4.78, 5) is 22.9. The van der Waals surface area contributed by atoms with Crippen LogP contribution in [0.25, 0.3) is 0 Å². The Kier molecular flexibility index (Phi) is 34.3. The normalized spacial score (nSPS) is 12.0. The highest BCUT2D eigenvalue weighted by Crippen LogP contribution is 2.14. The van der Waals surface area contributed by atoms with Crippen molar-refractivity contribution in [3.05, 3.63) is 0 Å². The van der Waals surface area contributed by atoms with Gasteiger partial charge in [-0.3, -0.25) is 9.59 Å². The van der Waals surface area contributed by atoms with Crippen molar-refractivity contribution in [2.24, 2.45) is 0 Å². The fourth-order valence-corrected chi connectivity index (χ4v) is 5.31. The molecule has 0 aliphatic rings. The summed E-state index contributed by atoms with van der Waals surface area (Å²) < 4.78 is 16.4. The van der Waals surface area contributed by atoms with Gasteiger partial charge in [0.05, 0.1) is 13.2 Å². The topological polar surface area (TPSA) is 94.1 Å². The van der Waals surface area contributed by atoms with Crippen molar-refractivity contribution in [1.82, 2.24) is 5.32 Å². The average molecular weight is 614 g/mol. The van der Waals surface area contributed by atoms with Gasteiger partial charge < -0.3 is 24.6 Å². The molecule has 0 aliphatic carbocycles. The molecule has 0 saturated heterocycles. The van der Waals surface area contributed by atoms with E-state index in [1.165, 1.54) is 135 Å². The molecule has 1 atom stereocenters. The first-order chi connectivity index (χ1) is 21.1. The van der Waals surface area contributed by atoms with Gasteiger partial charge in [0.1, 0.15) is 12.9 Å². The van der Waals surface area contributed by atoms with Gasteiger partial charge in [0, 0.05) is 26.5 Å². The van der Waals surface area contributed by atoms with E-state index in [-0.39, 0.29) is 31.9 Å². The number of aliphatic hydroxyl groups is 1. The minimum atomic E-state index is -0.616. The summed E-state index contributed by atoms with van der Waals surface area (Å²) in [6, 6.07) is 0. The van der Waals surface area contributed by atoms with E-state index in [0.29, 0.717) is 13.0 Å². The van der Waals surface area contributed by atoms with E-state index in [4.69, 9.17) is 14.2 Å². The van der Waals surface area contributed by atoms with Gasteiger partial charge in [-0.15, -0.1) is 0 Å². The lowest BCUT2D eigenvalue weighted by Gasteiger charge is -2.16. The van der Waals surface area contributed by atoms with Gasteiger partial charge in [-0.1, -0.05) is 148 Å². The lowest BCUT2D eigenvalue weighted by atomic mass is 10.0. The number of amides is 1. The number of ether oxygens (including phenoxy) is 3. The van der Waals surface area contributed by atoms with Crippen LogP contribution in [0.1, 0.15) is 181 Å². The number of carbonyl (C=O) groups is 2. The molecule has 7 nitrogen and oxygen atoms in total. The second kappa shape index (κ2) is 35.3. The number of carbonyl (C=O) groups excluding carboxylic acids is 2. The van der Waals surface area contributed by atoms with E-state index in [1.807, 2.05) is 0 Å². The number of hydrogen-bond acceptors (Lipinski definition) is 6. The third-order valence-corrected chi connectivity index (χ3v) is 8.05. The monoisotopic (exact) mass is 614 g/mol. The third-order valence-electron chi connectivity index (χ3n) is 8.05. The van der Waals surface area contributed by atoms with Crippen LogP contribution in [0.3, 0.4) is 0 Å². The molecule has 0 saturated carbocycles. The summed E-state index contributed by atoms with van der Waals surface area (Å²) in [6.07, 6.45) is 31.3. The zero-order chi connectivity index (χ0) is 31.5. The molecule has 0 aliphatic heterocycles. The second-order valence-electron chi connectivity index (χ2n) is 12.4. The Hall–Kier alpha value is -1.18. The smallest absolute Gasteiger partial charge is 0.306 e. The molecule has 256 valence electrons. The Labute approximate surface area is 266 Å². The Bertz CT molecular complexity index is 588. The van der Waals surface area contributed by atoms with Gasteiger partial charge in [0.25, 0.3) is 0 Å². The summed E-state index contributed by atoms with van der Waals surface area (Å²) in [6.45, 7) is 5.43. The molecule has 0 aromatic rings. The zero-order valence-corrected chi connectivity index (χ0v) is 28.5. The molecular weight excluding hydrogens is 542 g/mol. The summed E-state index contributed by atoms with van der Waals surface area (Å²) in [5.41, 5.74) is 0. The molecule has 0 aromatic carbocycles. The van der Waals surface area contributed by atoms with E-state index in [0.717, 1.165) is 32.2 Å². The molecule has 7 heteroatoms. The maximum absolute atomic E-state index is 12.1. The van der Waals surface area contributed by atoms with Crippen LogP contribution < -0.4 is 5.32 Å². The number of esters is 1. The first kappa shape index (κ1) is 41.8. The van der Waals surface area contributed by atoms with Crippen LogP contribution in [-0.4, -0.2) is 56.2 Å². The molecule has 0 heterocycles. The number of hydrogen-bond donors (Lipinski definition) is 2. The van der Waals surface area contributed by atoms with Crippen LogP contribution in [-0.2, 0) is 23.8 Å². The Morgan fingerprint density at radius 3 is 1.51 bits per heavy atom. The Morgan fingerprint density at radius 1 is 0.605 bits per heavy atom. The summed E-state index contributed by atoms with van der Waals surface area (Å²) in [5.74, 6) is -0.176. The van der Waals surface area contributed by atoms with Gasteiger partial charge in [-0.05, 0) is 19.3 Å². The minimum absolute atomic E-state index is 0.0722. The molecule has 0 aromatic heterocycles. The molecular formula is C36H71NO6. The number of aliphatic hydroxyl groups excluding tert-OH is 1. The first-order valence-corrected chi connectivity index (χ1v) is 18.3. The van der Waals surface area contributed by atoms with Crippen LogP contribution in [0.4, 0.5) is 0 Å². The van der Waals surface area contributed by atoms with Crippen molar-refractivity contribution in [3.63, 3.8) is 0 Å². The Balaban J connectivity index is 3.36. The van der Waals surface area contributed by atoms with Crippen molar-refractivity contribution in [3.8, 4) is 0 Å². The van der Waals surface area contributed by atoms with Crippen LogP contribution in [0.2, 0.25) is 0 Å². The van der Waals surface area contributed by atoms with Gasteiger partial charge in [-0.25, -0.2) is 0 Å². The van der Waals surface area contributed by atoms with Crippen molar-refractivity contribution in [2.75, 3.05) is 33.2 Å². The van der Waals surface area contributed by atoms with E-state index >= 15 is 0 Å². The van der Waals surface area contributed by atoms with E-state index in [9.17, 15) is 14.7 Å². The summed E-state index contributed by atoms with van der Waals surface area (Å²) >= 11 is 0. The molecule has 0 bridgehead atoms. The highest BCUT2D eigenvalue weighted by Gasteiger charge is 2.13. The quantitative estimate of drug-likeness (QED) is 0.0420. The van der Waals surface area contributed by atoms with Gasteiger partial charge in [0.2, 0.25) is 5.91 Å². The summed E-state index contributed by atoms with van der Waals surface area (Å²) in [5, 5.41) is 12.4. The lowest BCUT2D eigenvalue weighted by molar-refractivity contribution is -0.159. The molecule has 1 amide bonds. The molecule has 0 radical (unpaired) electrons. The third kappa shape index (κ3) is 35.2. The Morgan fingerprint density at radius 2 is 1.05 bits per heavy atom. The SMILES string of the molecule is CCCCCCCCCCCCCCC(=O)O[C@H](CO)COCOCCCCCCCCCCCCCCCNC(C)=O. The number of rotatable bonds is 35. The molecule has 0 fully saturated rings. The molecule has 0 rings (SSSR count). The fraction of sp³-hybridized carbons (Fsp3) is 0.944. The van der Waals surface area contributed by atoms with Crippen LogP contribution >= 0.6 is 0 Å². The van der Waals surface area contributed by atoms with Gasteiger partial charge in [0.15, 0.2) is 0 Å². The van der Waals surface area contributed by atoms with Crippen LogP contribution in [0.15, 0.2) is 0 Å². The zero-order valence-electron chi connectivity index (χ0n) is 28.5. The maximum atomic E-state index is 12.1. The van der Waals surface area contributed by atoms with Crippen molar-refractivity contribution in [1.29, 1.82) is 0 Å². The predicted molar refractivity (Wildman–Crippen MR) is 178 cm³/mol. The van der Waals surface area contributed by atoms with Crippen LogP contribution in [0.5, 0.6) is 0 Å². The highest BCUT2D eigenvalue weighted by atomic mass is 16.7. The number of nitrogens with one attached hydrogen (secondary N) is 1. The van der Waals surface area contributed by atoms with Crippen molar-refractivity contribution < 1.29 is 28.9 Å².